The molecule has 0 spiro atoms. The van der Waals surface area contributed by atoms with Gasteiger partial charge in [-0.1, -0.05) is 0 Å². The fourth-order valence-corrected chi connectivity index (χ4v) is 2.53. The van der Waals surface area contributed by atoms with E-state index in [1.807, 2.05) is 0 Å². The number of fused-ring (bicyclic) bond motifs is 1. The Kier molecular flexibility index (Phi) is 3.19. The van der Waals surface area contributed by atoms with Crippen molar-refractivity contribution in [3.8, 4) is 17.1 Å². The number of H-pyrrole nitrogens is 2. The summed E-state index contributed by atoms with van der Waals surface area (Å²) in [6.07, 6.45) is 1.36. The number of nitrogens with two attached hydrogens (primary N) is 1. The number of methoxy groups -OCH3 is 1. The average Bonchev–Trinajstić information content (AvgIpc) is 2.88. The van der Waals surface area contributed by atoms with E-state index in [1.165, 1.54) is 31.5 Å². The summed E-state index contributed by atoms with van der Waals surface area (Å²) in [5, 5.41) is 5.09. The Morgan fingerprint density at radius 2 is 2.05 bits per heavy atom. The number of primary sulfonamides is 1. The number of hydrogen-bond acceptors (Lipinski definition) is 6. The number of aromatic nitrogens is 4. The molecule has 0 bridgehead atoms. The molecule has 0 fully saturated rings. The maximum Gasteiger partial charge on any atom is 0.346 e. The van der Waals surface area contributed by atoms with Crippen molar-refractivity contribution in [2.45, 2.75) is 4.90 Å². The molecule has 0 aliphatic rings. The first-order valence-electron chi connectivity index (χ1n) is 6.05. The van der Waals surface area contributed by atoms with E-state index >= 15 is 0 Å². The van der Waals surface area contributed by atoms with Crippen LogP contribution in [0.4, 0.5) is 0 Å². The van der Waals surface area contributed by atoms with Gasteiger partial charge in [-0.15, -0.1) is 0 Å². The second-order valence-electron chi connectivity index (χ2n) is 4.44. The SMILES string of the molecule is COc1cc(S(N)(=O)=O)ccc1-c1nc2[nH]c(=O)ncc2[nH]1. The maximum absolute atomic E-state index is 11.4. The van der Waals surface area contributed by atoms with Gasteiger partial charge in [0.1, 0.15) is 17.1 Å². The van der Waals surface area contributed by atoms with Gasteiger partial charge in [0.25, 0.3) is 0 Å². The first-order chi connectivity index (χ1) is 10.4. The molecule has 1 aromatic carbocycles. The van der Waals surface area contributed by atoms with Crippen LogP contribution in [0.5, 0.6) is 5.75 Å². The lowest BCUT2D eigenvalue weighted by molar-refractivity contribution is 0.415. The van der Waals surface area contributed by atoms with Crippen LogP contribution in [0.15, 0.2) is 34.1 Å². The summed E-state index contributed by atoms with van der Waals surface area (Å²) in [6.45, 7) is 0. The Morgan fingerprint density at radius 1 is 1.27 bits per heavy atom. The molecule has 2 aromatic heterocycles. The minimum absolute atomic E-state index is 0.0701. The van der Waals surface area contributed by atoms with Crippen molar-refractivity contribution in [1.29, 1.82) is 0 Å². The van der Waals surface area contributed by atoms with Gasteiger partial charge in [0.2, 0.25) is 10.0 Å². The summed E-state index contributed by atoms with van der Waals surface area (Å²) >= 11 is 0. The first-order valence-corrected chi connectivity index (χ1v) is 7.59. The summed E-state index contributed by atoms with van der Waals surface area (Å²) in [5.74, 6) is 0.678. The van der Waals surface area contributed by atoms with Gasteiger partial charge in [0.05, 0.1) is 23.8 Å². The minimum Gasteiger partial charge on any atom is -0.496 e. The third-order valence-electron chi connectivity index (χ3n) is 3.02. The molecular weight excluding hydrogens is 310 g/mol. The van der Waals surface area contributed by atoms with Crippen LogP contribution in [0.25, 0.3) is 22.6 Å². The number of nitrogens with zero attached hydrogens (tertiary/aromatic N) is 2. The van der Waals surface area contributed by atoms with Gasteiger partial charge in [-0.25, -0.2) is 23.3 Å². The highest BCUT2D eigenvalue weighted by atomic mass is 32.2. The zero-order valence-electron chi connectivity index (χ0n) is 11.3. The van der Waals surface area contributed by atoms with Crippen molar-refractivity contribution in [1.82, 2.24) is 19.9 Å². The van der Waals surface area contributed by atoms with E-state index in [2.05, 4.69) is 19.9 Å². The van der Waals surface area contributed by atoms with E-state index in [-0.39, 0.29) is 10.6 Å². The molecular formula is C12H11N5O4S. The van der Waals surface area contributed by atoms with E-state index in [0.29, 0.717) is 22.6 Å². The third-order valence-corrected chi connectivity index (χ3v) is 3.94. The highest BCUT2D eigenvalue weighted by molar-refractivity contribution is 7.89. The third kappa shape index (κ3) is 2.44. The van der Waals surface area contributed by atoms with Crippen LogP contribution in [0, 0.1) is 0 Å². The Balaban J connectivity index is 2.19. The smallest absolute Gasteiger partial charge is 0.346 e. The van der Waals surface area contributed by atoms with Crippen LogP contribution in [0.2, 0.25) is 0 Å². The van der Waals surface area contributed by atoms with Crippen LogP contribution in [0.1, 0.15) is 0 Å². The van der Waals surface area contributed by atoms with E-state index in [1.54, 1.807) is 0 Å². The molecule has 0 radical (unpaired) electrons. The molecule has 0 unspecified atom stereocenters. The number of ether oxygens (including phenoxy) is 1. The van der Waals surface area contributed by atoms with E-state index in [9.17, 15) is 13.2 Å². The molecule has 22 heavy (non-hydrogen) atoms. The van der Waals surface area contributed by atoms with Crippen LogP contribution in [-0.2, 0) is 10.0 Å². The summed E-state index contributed by atoms with van der Waals surface area (Å²) in [6, 6.07) is 4.17. The predicted octanol–water partition coefficient (Wildman–Crippen LogP) is -0.0308. The fourth-order valence-electron chi connectivity index (χ4n) is 2.00. The molecule has 0 amide bonds. The summed E-state index contributed by atoms with van der Waals surface area (Å²) < 4.78 is 27.9. The lowest BCUT2D eigenvalue weighted by atomic mass is 10.2. The Morgan fingerprint density at radius 3 is 2.73 bits per heavy atom. The molecule has 10 heteroatoms. The zero-order chi connectivity index (χ0) is 15.9. The van der Waals surface area contributed by atoms with Gasteiger partial charge in [-0.05, 0) is 12.1 Å². The molecule has 4 N–H and O–H groups in total. The molecule has 3 rings (SSSR count). The highest BCUT2D eigenvalue weighted by Gasteiger charge is 2.15. The largest absolute Gasteiger partial charge is 0.496 e. The van der Waals surface area contributed by atoms with Gasteiger partial charge in [-0.2, -0.15) is 4.98 Å². The lowest BCUT2D eigenvalue weighted by Crippen LogP contribution is -2.12. The standard InChI is InChI=1S/C12H11N5O4S/c1-21-9-4-6(22(13,19)20)2-3-7(9)10-15-8-5-14-12(18)17-11(8)16-10/h2-5H,1H3,(H2,13,19,20)(H2,14,15,16,17,18). The molecule has 0 aliphatic carbocycles. The number of hydrogen-bond donors (Lipinski definition) is 3. The van der Waals surface area contributed by atoms with Gasteiger partial charge >= 0.3 is 5.69 Å². The van der Waals surface area contributed by atoms with E-state index in [4.69, 9.17) is 9.88 Å². The molecule has 114 valence electrons. The monoisotopic (exact) mass is 321 g/mol. The summed E-state index contributed by atoms with van der Waals surface area (Å²) in [5.41, 5.74) is 0.883. The number of rotatable bonds is 3. The maximum atomic E-state index is 11.4. The van der Waals surface area contributed by atoms with Gasteiger partial charge < -0.3 is 9.72 Å². The van der Waals surface area contributed by atoms with Crippen molar-refractivity contribution in [2.24, 2.45) is 5.14 Å². The number of sulfonamides is 1. The van der Waals surface area contributed by atoms with Crippen LogP contribution < -0.4 is 15.6 Å². The Bertz CT molecular complexity index is 1020. The van der Waals surface area contributed by atoms with Crippen molar-refractivity contribution >= 4 is 21.2 Å². The lowest BCUT2D eigenvalue weighted by Gasteiger charge is -2.07. The number of benzene rings is 1. The van der Waals surface area contributed by atoms with E-state index < -0.39 is 15.7 Å². The van der Waals surface area contributed by atoms with E-state index in [0.717, 1.165) is 0 Å². The van der Waals surface area contributed by atoms with Crippen molar-refractivity contribution in [3.05, 3.63) is 34.9 Å². The fraction of sp³-hybridized carbons (Fsp3) is 0.0833. The molecule has 0 atom stereocenters. The van der Waals surface area contributed by atoms with Gasteiger partial charge in [0, 0.05) is 6.07 Å². The predicted molar refractivity (Wildman–Crippen MR) is 77.9 cm³/mol. The molecule has 0 aliphatic heterocycles. The molecule has 9 nitrogen and oxygen atoms in total. The molecule has 0 saturated heterocycles. The number of nitrogens with one attached hydrogen (secondary N) is 2. The second-order valence-corrected chi connectivity index (χ2v) is 6.00. The minimum atomic E-state index is -3.83. The molecule has 2 heterocycles. The van der Waals surface area contributed by atoms with Crippen LogP contribution >= 0.6 is 0 Å². The topological polar surface area (TPSA) is 144 Å². The van der Waals surface area contributed by atoms with Gasteiger partial charge in [0.15, 0.2) is 5.65 Å². The molecule has 3 aromatic rings. The van der Waals surface area contributed by atoms with Crippen molar-refractivity contribution in [2.75, 3.05) is 7.11 Å². The highest BCUT2D eigenvalue weighted by Crippen LogP contribution is 2.30. The van der Waals surface area contributed by atoms with Crippen molar-refractivity contribution in [3.63, 3.8) is 0 Å². The summed E-state index contributed by atoms with van der Waals surface area (Å²) in [4.78, 5) is 24.4. The normalized spacial score (nSPS) is 11.7. The van der Waals surface area contributed by atoms with Crippen molar-refractivity contribution < 1.29 is 13.2 Å². The second kappa shape index (κ2) is 4.93. The Labute approximate surface area is 124 Å². The average molecular weight is 321 g/mol. The van der Waals surface area contributed by atoms with Gasteiger partial charge in [-0.3, -0.25) is 4.98 Å². The van der Waals surface area contributed by atoms with Crippen LogP contribution in [0.3, 0.4) is 0 Å². The zero-order valence-corrected chi connectivity index (χ0v) is 12.1. The quantitative estimate of drug-likeness (QED) is 0.618. The number of imidazole rings is 1. The molecule has 0 saturated carbocycles. The van der Waals surface area contributed by atoms with Crippen LogP contribution in [-0.4, -0.2) is 35.5 Å². The first kappa shape index (κ1) is 14.2. The number of aromatic amines is 2. The Hall–Kier alpha value is -2.72. The summed E-state index contributed by atoms with van der Waals surface area (Å²) in [7, 11) is -2.43.